The van der Waals surface area contributed by atoms with Crippen molar-refractivity contribution in [3.63, 3.8) is 0 Å². The maximum Gasteiger partial charge on any atom is 0.279 e. The first-order valence-electron chi connectivity index (χ1n) is 5.39. The fourth-order valence-corrected chi connectivity index (χ4v) is 3.65. The van der Waals surface area contributed by atoms with Crippen molar-refractivity contribution in [1.82, 2.24) is 9.03 Å². The molecule has 0 aromatic carbocycles. The van der Waals surface area contributed by atoms with Gasteiger partial charge in [-0.25, -0.2) is 0 Å². The van der Waals surface area contributed by atoms with Crippen molar-refractivity contribution in [2.75, 3.05) is 6.54 Å². The van der Waals surface area contributed by atoms with Gasteiger partial charge in [0.2, 0.25) is 0 Å². The first-order chi connectivity index (χ1) is 6.59. The molecule has 14 heavy (non-hydrogen) atoms. The van der Waals surface area contributed by atoms with Crippen molar-refractivity contribution < 1.29 is 8.42 Å². The lowest BCUT2D eigenvalue weighted by Gasteiger charge is -2.32. The monoisotopic (exact) mass is 218 g/mol. The second-order valence-corrected chi connectivity index (χ2v) is 6.01. The summed E-state index contributed by atoms with van der Waals surface area (Å²) in [6.45, 7) is 2.68. The molecule has 2 aliphatic rings. The lowest BCUT2D eigenvalue weighted by Crippen LogP contribution is -2.48. The largest absolute Gasteiger partial charge is 0.279 e. The Hall–Kier alpha value is -0.130. The van der Waals surface area contributed by atoms with E-state index in [0.29, 0.717) is 6.54 Å². The van der Waals surface area contributed by atoms with Crippen LogP contribution in [0, 0.1) is 0 Å². The third kappa shape index (κ3) is 2.27. The van der Waals surface area contributed by atoms with E-state index >= 15 is 0 Å². The number of nitrogens with one attached hydrogen (secondary N) is 1. The van der Waals surface area contributed by atoms with Crippen LogP contribution >= 0.6 is 0 Å². The van der Waals surface area contributed by atoms with Crippen LogP contribution in [0.1, 0.15) is 39.0 Å². The third-order valence-electron chi connectivity index (χ3n) is 2.94. The van der Waals surface area contributed by atoms with Gasteiger partial charge < -0.3 is 0 Å². The molecule has 1 aliphatic heterocycles. The Kier molecular flexibility index (Phi) is 2.81. The van der Waals surface area contributed by atoms with Gasteiger partial charge in [-0.05, 0) is 32.6 Å². The topological polar surface area (TPSA) is 49.4 Å². The molecule has 1 saturated carbocycles. The SMILES string of the molecule is CC1CCCCN1S(=O)(=O)NC1CC1. The van der Waals surface area contributed by atoms with Gasteiger partial charge in [-0.15, -0.1) is 0 Å². The Bertz CT molecular complexity index is 298. The Morgan fingerprint density at radius 3 is 2.50 bits per heavy atom. The minimum Gasteiger partial charge on any atom is -0.199 e. The number of piperidine rings is 1. The summed E-state index contributed by atoms with van der Waals surface area (Å²) in [5, 5.41) is 0. The van der Waals surface area contributed by atoms with Crippen LogP contribution in [0.2, 0.25) is 0 Å². The Morgan fingerprint density at radius 1 is 1.21 bits per heavy atom. The summed E-state index contributed by atoms with van der Waals surface area (Å²) in [4.78, 5) is 0. The van der Waals surface area contributed by atoms with E-state index in [0.717, 1.165) is 32.1 Å². The van der Waals surface area contributed by atoms with E-state index < -0.39 is 10.2 Å². The zero-order valence-corrected chi connectivity index (χ0v) is 9.39. The molecule has 5 heteroatoms. The molecule has 0 bridgehead atoms. The van der Waals surface area contributed by atoms with Crippen LogP contribution in [-0.2, 0) is 10.2 Å². The molecule has 82 valence electrons. The molecule has 1 aliphatic carbocycles. The summed E-state index contributed by atoms with van der Waals surface area (Å²) in [7, 11) is -3.19. The number of hydrogen-bond donors (Lipinski definition) is 1. The van der Waals surface area contributed by atoms with Crippen LogP contribution in [0.15, 0.2) is 0 Å². The highest BCUT2D eigenvalue weighted by Crippen LogP contribution is 2.24. The molecular formula is C9H18N2O2S. The minimum atomic E-state index is -3.19. The second kappa shape index (κ2) is 3.79. The van der Waals surface area contributed by atoms with Gasteiger partial charge in [0.25, 0.3) is 10.2 Å². The first-order valence-corrected chi connectivity index (χ1v) is 6.83. The smallest absolute Gasteiger partial charge is 0.199 e. The molecule has 1 saturated heterocycles. The first kappa shape index (κ1) is 10.4. The molecular weight excluding hydrogens is 200 g/mol. The minimum absolute atomic E-state index is 0.167. The van der Waals surface area contributed by atoms with Gasteiger partial charge in [0.05, 0.1) is 0 Å². The fraction of sp³-hybridized carbons (Fsp3) is 1.00. The molecule has 4 nitrogen and oxygen atoms in total. The molecule has 1 heterocycles. The van der Waals surface area contributed by atoms with Gasteiger partial charge in [-0.3, -0.25) is 0 Å². The normalized spacial score (nSPS) is 30.5. The van der Waals surface area contributed by atoms with Crippen molar-refractivity contribution in [2.24, 2.45) is 0 Å². The summed E-state index contributed by atoms with van der Waals surface area (Å²) < 4.78 is 28.1. The highest BCUT2D eigenvalue weighted by Gasteiger charge is 2.34. The van der Waals surface area contributed by atoms with Crippen molar-refractivity contribution in [3.05, 3.63) is 0 Å². The van der Waals surface area contributed by atoms with Crippen LogP contribution in [-0.4, -0.2) is 31.4 Å². The number of rotatable bonds is 3. The molecule has 0 radical (unpaired) electrons. The van der Waals surface area contributed by atoms with Gasteiger partial charge in [-0.2, -0.15) is 17.4 Å². The summed E-state index contributed by atoms with van der Waals surface area (Å²) in [6.07, 6.45) is 5.14. The summed E-state index contributed by atoms with van der Waals surface area (Å²) in [6, 6.07) is 0.383. The maximum atomic E-state index is 11.9. The maximum absolute atomic E-state index is 11.9. The van der Waals surface area contributed by atoms with E-state index in [1.807, 2.05) is 6.92 Å². The molecule has 0 spiro atoms. The van der Waals surface area contributed by atoms with E-state index in [4.69, 9.17) is 0 Å². The summed E-state index contributed by atoms with van der Waals surface area (Å²) >= 11 is 0. The van der Waals surface area contributed by atoms with Gasteiger partial charge in [0.15, 0.2) is 0 Å². The predicted octanol–water partition coefficient (Wildman–Crippen LogP) is 0.858. The molecule has 1 unspecified atom stereocenters. The molecule has 2 rings (SSSR count). The summed E-state index contributed by atoms with van der Waals surface area (Å²) in [5.41, 5.74) is 0. The number of hydrogen-bond acceptors (Lipinski definition) is 2. The van der Waals surface area contributed by atoms with E-state index in [1.165, 1.54) is 0 Å². The van der Waals surface area contributed by atoms with Gasteiger partial charge in [0.1, 0.15) is 0 Å². The third-order valence-corrected chi connectivity index (χ3v) is 4.73. The van der Waals surface area contributed by atoms with E-state index in [2.05, 4.69) is 4.72 Å². The zero-order chi connectivity index (χ0) is 10.2. The molecule has 1 N–H and O–H groups in total. The molecule has 0 aromatic rings. The van der Waals surface area contributed by atoms with Crippen LogP contribution in [0.4, 0.5) is 0 Å². The molecule has 0 amide bonds. The summed E-state index contributed by atoms with van der Waals surface area (Å²) in [5.74, 6) is 0. The quantitative estimate of drug-likeness (QED) is 0.763. The van der Waals surface area contributed by atoms with Crippen molar-refractivity contribution in [1.29, 1.82) is 0 Å². The highest BCUT2D eigenvalue weighted by atomic mass is 32.2. The average molecular weight is 218 g/mol. The van der Waals surface area contributed by atoms with Gasteiger partial charge >= 0.3 is 0 Å². The van der Waals surface area contributed by atoms with Crippen LogP contribution in [0.5, 0.6) is 0 Å². The van der Waals surface area contributed by atoms with Crippen LogP contribution in [0.25, 0.3) is 0 Å². The van der Waals surface area contributed by atoms with Gasteiger partial charge in [-0.1, -0.05) is 6.42 Å². The Morgan fingerprint density at radius 2 is 1.93 bits per heavy atom. The average Bonchev–Trinajstić information content (AvgIpc) is 2.88. The number of nitrogens with zero attached hydrogens (tertiary/aromatic N) is 1. The highest BCUT2D eigenvalue weighted by molar-refractivity contribution is 7.87. The Labute approximate surface area is 85.9 Å². The zero-order valence-electron chi connectivity index (χ0n) is 8.57. The molecule has 2 fully saturated rings. The van der Waals surface area contributed by atoms with E-state index in [-0.39, 0.29) is 12.1 Å². The van der Waals surface area contributed by atoms with E-state index in [1.54, 1.807) is 4.31 Å². The predicted molar refractivity (Wildman–Crippen MR) is 55.1 cm³/mol. The van der Waals surface area contributed by atoms with Crippen molar-refractivity contribution in [3.8, 4) is 0 Å². The van der Waals surface area contributed by atoms with Gasteiger partial charge in [0, 0.05) is 18.6 Å². The molecule has 1 atom stereocenters. The lowest BCUT2D eigenvalue weighted by molar-refractivity contribution is 0.265. The lowest BCUT2D eigenvalue weighted by atomic mass is 10.1. The second-order valence-electron chi connectivity index (χ2n) is 4.35. The fourth-order valence-electron chi connectivity index (χ4n) is 1.91. The van der Waals surface area contributed by atoms with Crippen molar-refractivity contribution in [2.45, 2.75) is 51.1 Å². The Balaban J connectivity index is 2.02. The molecule has 0 aromatic heterocycles. The standard InChI is InChI=1S/C9H18N2O2S/c1-8-4-2-3-7-11(8)14(12,13)10-9-5-6-9/h8-10H,2-7H2,1H3. The van der Waals surface area contributed by atoms with Crippen LogP contribution < -0.4 is 4.72 Å². The van der Waals surface area contributed by atoms with Crippen molar-refractivity contribution >= 4 is 10.2 Å². The van der Waals surface area contributed by atoms with E-state index in [9.17, 15) is 8.42 Å². The van der Waals surface area contributed by atoms with Crippen LogP contribution in [0.3, 0.4) is 0 Å².